The van der Waals surface area contributed by atoms with E-state index in [9.17, 15) is 8.42 Å². The summed E-state index contributed by atoms with van der Waals surface area (Å²) in [6, 6.07) is 17.1. The van der Waals surface area contributed by atoms with Crippen molar-refractivity contribution in [2.24, 2.45) is 0 Å². The first-order valence-electron chi connectivity index (χ1n) is 7.51. The standard InChI is InChI=1S/C18H16ClN3O2S/c1-13-7-8-14(11-17(13)19)21-15-9-10-18(20-12-15)22-25(23,24)16-5-3-2-4-6-16/h2-12,21H,1H3,(H,20,22). The van der Waals surface area contributed by atoms with E-state index < -0.39 is 10.0 Å². The van der Waals surface area contributed by atoms with Crippen molar-refractivity contribution in [3.05, 3.63) is 77.4 Å². The van der Waals surface area contributed by atoms with Crippen molar-refractivity contribution >= 4 is 38.8 Å². The molecule has 7 heteroatoms. The first-order chi connectivity index (χ1) is 11.9. The molecule has 0 unspecified atom stereocenters. The van der Waals surface area contributed by atoms with E-state index in [0.29, 0.717) is 5.02 Å². The molecule has 0 aliphatic heterocycles. The molecule has 0 saturated carbocycles. The molecule has 2 N–H and O–H groups in total. The monoisotopic (exact) mass is 373 g/mol. The van der Waals surface area contributed by atoms with Gasteiger partial charge in [-0.25, -0.2) is 13.4 Å². The third-order valence-electron chi connectivity index (χ3n) is 3.52. The van der Waals surface area contributed by atoms with Crippen LogP contribution in [0.5, 0.6) is 0 Å². The van der Waals surface area contributed by atoms with Gasteiger partial charge in [-0.2, -0.15) is 0 Å². The highest BCUT2D eigenvalue weighted by atomic mass is 35.5. The molecular weight excluding hydrogens is 358 g/mol. The summed E-state index contributed by atoms with van der Waals surface area (Å²) in [5, 5.41) is 3.84. The van der Waals surface area contributed by atoms with E-state index in [2.05, 4.69) is 15.0 Å². The maximum absolute atomic E-state index is 12.3. The number of sulfonamides is 1. The van der Waals surface area contributed by atoms with Crippen LogP contribution in [0.25, 0.3) is 0 Å². The molecule has 0 spiro atoms. The van der Waals surface area contributed by atoms with Crippen molar-refractivity contribution in [2.75, 3.05) is 10.0 Å². The summed E-state index contributed by atoms with van der Waals surface area (Å²) >= 11 is 6.10. The summed E-state index contributed by atoms with van der Waals surface area (Å²) in [7, 11) is -3.65. The Hall–Kier alpha value is -2.57. The second-order valence-corrected chi connectivity index (χ2v) is 7.53. The Labute approximate surface area is 151 Å². The number of nitrogens with zero attached hydrogens (tertiary/aromatic N) is 1. The van der Waals surface area contributed by atoms with E-state index in [1.807, 2.05) is 25.1 Å². The van der Waals surface area contributed by atoms with Crippen LogP contribution in [-0.4, -0.2) is 13.4 Å². The van der Waals surface area contributed by atoms with Gasteiger partial charge in [-0.3, -0.25) is 4.72 Å². The zero-order valence-electron chi connectivity index (χ0n) is 13.4. The van der Waals surface area contributed by atoms with Crippen molar-refractivity contribution in [3.8, 4) is 0 Å². The lowest BCUT2D eigenvalue weighted by Gasteiger charge is -2.10. The predicted octanol–water partition coefficient (Wildman–Crippen LogP) is 4.59. The highest BCUT2D eigenvalue weighted by molar-refractivity contribution is 7.92. The lowest BCUT2D eigenvalue weighted by Crippen LogP contribution is -2.13. The lowest BCUT2D eigenvalue weighted by molar-refractivity contribution is 0.601. The van der Waals surface area contributed by atoms with Gasteiger partial charge in [-0.15, -0.1) is 0 Å². The Morgan fingerprint density at radius 2 is 1.68 bits per heavy atom. The topological polar surface area (TPSA) is 71.1 Å². The summed E-state index contributed by atoms with van der Waals surface area (Å²) in [6.07, 6.45) is 1.55. The minimum atomic E-state index is -3.65. The van der Waals surface area contributed by atoms with E-state index >= 15 is 0 Å². The molecular formula is C18H16ClN3O2S. The Morgan fingerprint density at radius 1 is 0.960 bits per heavy atom. The molecule has 0 aliphatic carbocycles. The molecule has 1 heterocycles. The van der Waals surface area contributed by atoms with Gasteiger partial charge in [0, 0.05) is 10.7 Å². The fourth-order valence-corrected chi connectivity index (χ4v) is 3.37. The third kappa shape index (κ3) is 4.29. The van der Waals surface area contributed by atoms with Gasteiger partial charge in [0.2, 0.25) is 0 Å². The zero-order chi connectivity index (χ0) is 17.9. The molecule has 0 fully saturated rings. The van der Waals surface area contributed by atoms with Crippen LogP contribution in [-0.2, 0) is 10.0 Å². The molecule has 0 bridgehead atoms. The minimum Gasteiger partial charge on any atom is -0.354 e. The molecule has 2 aromatic carbocycles. The quantitative estimate of drug-likeness (QED) is 0.686. The van der Waals surface area contributed by atoms with Crippen LogP contribution in [0.3, 0.4) is 0 Å². The molecule has 0 saturated heterocycles. The average molecular weight is 374 g/mol. The number of nitrogens with one attached hydrogen (secondary N) is 2. The Balaban J connectivity index is 1.73. The molecule has 1 aromatic heterocycles. The predicted molar refractivity (Wildman–Crippen MR) is 101 cm³/mol. The Morgan fingerprint density at radius 3 is 2.32 bits per heavy atom. The van der Waals surface area contributed by atoms with Crippen LogP contribution >= 0.6 is 11.6 Å². The van der Waals surface area contributed by atoms with Gasteiger partial charge < -0.3 is 5.32 Å². The molecule has 3 aromatic rings. The smallest absolute Gasteiger partial charge is 0.263 e. The van der Waals surface area contributed by atoms with Crippen LogP contribution in [0.15, 0.2) is 71.8 Å². The fraction of sp³-hybridized carbons (Fsp3) is 0.0556. The molecule has 0 amide bonds. The number of anilines is 3. The molecule has 0 aliphatic rings. The SMILES string of the molecule is Cc1ccc(Nc2ccc(NS(=O)(=O)c3ccccc3)nc2)cc1Cl. The lowest BCUT2D eigenvalue weighted by atomic mass is 10.2. The maximum atomic E-state index is 12.3. The van der Waals surface area contributed by atoms with Crippen LogP contribution in [0.1, 0.15) is 5.56 Å². The molecule has 128 valence electrons. The first-order valence-corrected chi connectivity index (χ1v) is 9.37. The fourth-order valence-electron chi connectivity index (χ4n) is 2.16. The van der Waals surface area contributed by atoms with Crippen LogP contribution in [0.4, 0.5) is 17.2 Å². The van der Waals surface area contributed by atoms with Crippen molar-refractivity contribution in [2.45, 2.75) is 11.8 Å². The number of hydrogen-bond acceptors (Lipinski definition) is 4. The zero-order valence-corrected chi connectivity index (χ0v) is 15.0. The van der Waals surface area contributed by atoms with Crippen molar-refractivity contribution in [1.29, 1.82) is 0 Å². The first kappa shape index (κ1) is 17.3. The van der Waals surface area contributed by atoms with E-state index in [-0.39, 0.29) is 10.7 Å². The molecule has 5 nitrogen and oxygen atoms in total. The molecule has 25 heavy (non-hydrogen) atoms. The van der Waals surface area contributed by atoms with Gasteiger partial charge in [-0.1, -0.05) is 35.9 Å². The van der Waals surface area contributed by atoms with Gasteiger partial charge in [0.1, 0.15) is 5.82 Å². The number of hydrogen-bond donors (Lipinski definition) is 2. The van der Waals surface area contributed by atoms with Crippen LogP contribution in [0.2, 0.25) is 5.02 Å². The van der Waals surface area contributed by atoms with E-state index in [1.165, 1.54) is 12.1 Å². The average Bonchev–Trinajstić information content (AvgIpc) is 2.60. The summed E-state index contributed by atoms with van der Waals surface area (Å²) in [4.78, 5) is 4.33. The largest absolute Gasteiger partial charge is 0.354 e. The highest BCUT2D eigenvalue weighted by Gasteiger charge is 2.13. The molecule has 0 atom stereocenters. The van der Waals surface area contributed by atoms with Crippen molar-refractivity contribution in [1.82, 2.24) is 4.98 Å². The van der Waals surface area contributed by atoms with Crippen LogP contribution in [0, 0.1) is 6.92 Å². The van der Waals surface area contributed by atoms with Crippen LogP contribution < -0.4 is 10.0 Å². The number of aromatic nitrogens is 1. The molecule has 3 rings (SSSR count). The van der Waals surface area contributed by atoms with E-state index in [4.69, 9.17) is 11.6 Å². The minimum absolute atomic E-state index is 0.188. The summed E-state index contributed by atoms with van der Waals surface area (Å²) in [5.74, 6) is 0.247. The Bertz CT molecular complexity index is 975. The summed E-state index contributed by atoms with van der Waals surface area (Å²) in [6.45, 7) is 1.93. The second kappa shape index (κ2) is 7.13. The highest BCUT2D eigenvalue weighted by Crippen LogP contribution is 2.23. The number of pyridine rings is 1. The summed E-state index contributed by atoms with van der Waals surface area (Å²) < 4.78 is 27.0. The van der Waals surface area contributed by atoms with Gasteiger partial charge in [0.25, 0.3) is 10.0 Å². The van der Waals surface area contributed by atoms with Gasteiger partial charge in [0.15, 0.2) is 0 Å². The van der Waals surface area contributed by atoms with E-state index in [1.54, 1.807) is 36.5 Å². The maximum Gasteiger partial charge on any atom is 0.263 e. The summed E-state index contributed by atoms with van der Waals surface area (Å²) in [5.41, 5.74) is 2.55. The Kier molecular flexibility index (Phi) is 4.92. The van der Waals surface area contributed by atoms with Crippen molar-refractivity contribution < 1.29 is 8.42 Å². The van der Waals surface area contributed by atoms with Gasteiger partial charge >= 0.3 is 0 Å². The third-order valence-corrected chi connectivity index (χ3v) is 5.29. The number of halogens is 1. The number of benzene rings is 2. The van der Waals surface area contributed by atoms with E-state index in [0.717, 1.165) is 16.9 Å². The van der Waals surface area contributed by atoms with Gasteiger partial charge in [0.05, 0.1) is 16.8 Å². The van der Waals surface area contributed by atoms with Crippen molar-refractivity contribution in [3.63, 3.8) is 0 Å². The molecule has 0 radical (unpaired) electrons. The number of aryl methyl sites for hydroxylation is 1. The second-order valence-electron chi connectivity index (χ2n) is 5.44. The number of rotatable bonds is 5. The van der Waals surface area contributed by atoms with Gasteiger partial charge in [-0.05, 0) is 48.9 Å². The normalized spacial score (nSPS) is 11.1.